The molecular weight excluding hydrogens is 431 g/mol. The second kappa shape index (κ2) is 8.42. The van der Waals surface area contributed by atoms with Gasteiger partial charge in [0.25, 0.3) is 5.91 Å². The van der Waals surface area contributed by atoms with Gasteiger partial charge in [-0.05, 0) is 30.2 Å². The van der Waals surface area contributed by atoms with Gasteiger partial charge in [-0.25, -0.2) is 4.98 Å². The standard InChI is InChI=1S/C20H18F3N5O2S/c1-27-16(13-5-4-9-28(12-13)19-24-8-10-31-19)11-15(26-27)18(29)25-14-6-2-3-7-17(14)30-20(21,22)23/h2-3,5-8,10-11H,4,9,12H2,1H3,(H,25,29). The van der Waals surface area contributed by atoms with Crippen molar-refractivity contribution in [1.29, 1.82) is 0 Å². The molecule has 2 aromatic heterocycles. The molecule has 3 heterocycles. The number of benzene rings is 1. The van der Waals surface area contributed by atoms with E-state index >= 15 is 0 Å². The summed E-state index contributed by atoms with van der Waals surface area (Å²) in [5, 5.41) is 9.53. The monoisotopic (exact) mass is 449 g/mol. The number of ether oxygens (including phenoxy) is 1. The van der Waals surface area contributed by atoms with Crippen molar-refractivity contribution in [2.75, 3.05) is 23.3 Å². The summed E-state index contributed by atoms with van der Waals surface area (Å²) >= 11 is 1.56. The van der Waals surface area contributed by atoms with Crippen molar-refractivity contribution in [2.24, 2.45) is 7.05 Å². The number of aryl methyl sites for hydroxylation is 1. The third kappa shape index (κ3) is 4.88. The molecule has 0 atom stereocenters. The summed E-state index contributed by atoms with van der Waals surface area (Å²) in [4.78, 5) is 19.2. The van der Waals surface area contributed by atoms with Crippen molar-refractivity contribution in [2.45, 2.75) is 12.8 Å². The molecule has 0 unspecified atom stereocenters. The average Bonchev–Trinajstić information content (AvgIpc) is 3.38. The van der Waals surface area contributed by atoms with E-state index in [1.54, 1.807) is 35.3 Å². The Labute approximate surface area is 179 Å². The summed E-state index contributed by atoms with van der Waals surface area (Å²) in [5.74, 6) is -1.12. The zero-order chi connectivity index (χ0) is 22.0. The lowest BCUT2D eigenvalue weighted by molar-refractivity contribution is -0.274. The molecule has 0 aliphatic carbocycles. The largest absolute Gasteiger partial charge is 0.573 e. The molecule has 1 N–H and O–H groups in total. The number of amides is 1. The summed E-state index contributed by atoms with van der Waals surface area (Å²) in [6, 6.07) is 6.98. The molecule has 7 nitrogen and oxygen atoms in total. The third-order valence-corrected chi connectivity index (χ3v) is 5.48. The zero-order valence-corrected chi connectivity index (χ0v) is 17.2. The van der Waals surface area contributed by atoms with E-state index < -0.39 is 18.0 Å². The summed E-state index contributed by atoms with van der Waals surface area (Å²) in [6.07, 6.45) is -0.195. The van der Waals surface area contributed by atoms with Gasteiger partial charge in [0.2, 0.25) is 0 Å². The van der Waals surface area contributed by atoms with Gasteiger partial charge < -0.3 is 15.0 Å². The number of aromatic nitrogens is 3. The van der Waals surface area contributed by atoms with E-state index in [2.05, 4.69) is 31.1 Å². The first kappa shape index (κ1) is 20.9. The first-order valence-corrected chi connectivity index (χ1v) is 10.2. The topological polar surface area (TPSA) is 72.3 Å². The molecule has 0 fully saturated rings. The Morgan fingerprint density at radius 3 is 2.84 bits per heavy atom. The highest BCUT2D eigenvalue weighted by Gasteiger charge is 2.32. The van der Waals surface area contributed by atoms with Gasteiger partial charge in [-0.1, -0.05) is 18.2 Å². The lowest BCUT2D eigenvalue weighted by Gasteiger charge is -2.26. The van der Waals surface area contributed by atoms with E-state index in [9.17, 15) is 18.0 Å². The first-order chi connectivity index (χ1) is 14.8. The summed E-state index contributed by atoms with van der Waals surface area (Å²) < 4.78 is 43.4. The zero-order valence-electron chi connectivity index (χ0n) is 16.4. The van der Waals surface area contributed by atoms with Gasteiger partial charge in [-0.2, -0.15) is 5.10 Å². The maximum absolute atomic E-state index is 12.7. The summed E-state index contributed by atoms with van der Waals surface area (Å²) in [5.41, 5.74) is 1.75. The van der Waals surface area contributed by atoms with E-state index in [0.717, 1.165) is 35.4 Å². The smallest absolute Gasteiger partial charge is 0.404 e. The van der Waals surface area contributed by atoms with E-state index in [1.807, 2.05) is 5.38 Å². The molecule has 0 radical (unpaired) electrons. The van der Waals surface area contributed by atoms with E-state index in [-0.39, 0.29) is 11.4 Å². The van der Waals surface area contributed by atoms with Gasteiger partial charge in [0.1, 0.15) is 0 Å². The molecule has 0 saturated carbocycles. The van der Waals surface area contributed by atoms with Gasteiger partial charge >= 0.3 is 6.36 Å². The molecule has 1 aromatic carbocycles. The minimum absolute atomic E-state index is 0.0894. The molecule has 11 heteroatoms. The van der Waals surface area contributed by atoms with E-state index in [1.165, 1.54) is 18.2 Å². The molecule has 0 saturated heterocycles. The van der Waals surface area contributed by atoms with Crippen LogP contribution >= 0.6 is 11.3 Å². The summed E-state index contributed by atoms with van der Waals surface area (Å²) in [7, 11) is 1.72. The fraction of sp³-hybridized carbons (Fsp3) is 0.250. The van der Waals surface area contributed by atoms with Crippen LogP contribution in [0.4, 0.5) is 24.0 Å². The van der Waals surface area contributed by atoms with Gasteiger partial charge in [-0.15, -0.1) is 24.5 Å². The van der Waals surface area contributed by atoms with Crippen molar-refractivity contribution >= 4 is 33.6 Å². The van der Waals surface area contributed by atoms with E-state index in [4.69, 9.17) is 0 Å². The highest BCUT2D eigenvalue weighted by molar-refractivity contribution is 7.13. The molecule has 162 valence electrons. The SMILES string of the molecule is Cn1nc(C(=O)Nc2ccccc2OC(F)(F)F)cc1C1=CCCN(c2nccs2)C1. The van der Waals surface area contributed by atoms with Crippen LogP contribution in [0.2, 0.25) is 0 Å². The lowest BCUT2D eigenvalue weighted by Crippen LogP contribution is -2.29. The highest BCUT2D eigenvalue weighted by Crippen LogP contribution is 2.31. The minimum atomic E-state index is -4.87. The van der Waals surface area contributed by atoms with Crippen LogP contribution < -0.4 is 15.0 Å². The number of carbonyl (C=O) groups excluding carboxylic acids is 1. The number of alkyl halides is 3. The normalized spacial score (nSPS) is 14.3. The van der Waals surface area contributed by atoms with Crippen LogP contribution in [-0.4, -0.2) is 40.1 Å². The molecule has 1 aliphatic heterocycles. The number of thiazole rings is 1. The maximum Gasteiger partial charge on any atom is 0.573 e. The number of hydrogen-bond donors (Lipinski definition) is 1. The minimum Gasteiger partial charge on any atom is -0.404 e. The van der Waals surface area contributed by atoms with E-state index in [0.29, 0.717) is 6.54 Å². The van der Waals surface area contributed by atoms with Crippen molar-refractivity contribution in [1.82, 2.24) is 14.8 Å². The van der Waals surface area contributed by atoms with Crippen LogP contribution in [0.1, 0.15) is 22.6 Å². The quantitative estimate of drug-likeness (QED) is 0.628. The Kier molecular flexibility index (Phi) is 5.68. The summed E-state index contributed by atoms with van der Waals surface area (Å²) in [6.45, 7) is 1.47. The van der Waals surface area contributed by atoms with Gasteiger partial charge in [0, 0.05) is 31.7 Å². The number of carbonyl (C=O) groups is 1. The van der Waals surface area contributed by atoms with Gasteiger partial charge in [0.05, 0.1) is 11.4 Å². The van der Waals surface area contributed by atoms with Crippen molar-refractivity contribution in [3.05, 3.63) is 59.4 Å². The number of nitrogens with one attached hydrogen (secondary N) is 1. The predicted molar refractivity (Wildman–Crippen MR) is 111 cm³/mol. The number of nitrogens with zero attached hydrogens (tertiary/aromatic N) is 4. The third-order valence-electron chi connectivity index (χ3n) is 4.64. The van der Waals surface area contributed by atoms with Crippen LogP contribution in [0, 0.1) is 0 Å². The van der Waals surface area contributed by atoms with Crippen LogP contribution in [0.25, 0.3) is 5.57 Å². The van der Waals surface area contributed by atoms with Crippen molar-refractivity contribution in [3.63, 3.8) is 0 Å². The molecular formula is C20H18F3N5O2S. The first-order valence-electron chi connectivity index (χ1n) is 9.34. The van der Waals surface area contributed by atoms with Crippen molar-refractivity contribution in [3.8, 4) is 5.75 Å². The Bertz CT molecular complexity index is 1110. The number of halogens is 3. The molecule has 3 aromatic rings. The number of rotatable bonds is 5. The average molecular weight is 449 g/mol. The molecule has 31 heavy (non-hydrogen) atoms. The van der Waals surface area contributed by atoms with Gasteiger partial charge in [0.15, 0.2) is 16.6 Å². The lowest BCUT2D eigenvalue weighted by atomic mass is 10.1. The fourth-order valence-corrected chi connectivity index (χ4v) is 3.98. The number of hydrogen-bond acceptors (Lipinski definition) is 6. The van der Waals surface area contributed by atoms with Crippen molar-refractivity contribution < 1.29 is 22.7 Å². The Morgan fingerprint density at radius 2 is 2.10 bits per heavy atom. The van der Waals surface area contributed by atoms with Crippen LogP contribution in [0.5, 0.6) is 5.75 Å². The number of para-hydroxylation sites is 2. The fourth-order valence-electron chi connectivity index (χ4n) is 3.31. The highest BCUT2D eigenvalue weighted by atomic mass is 32.1. The molecule has 4 rings (SSSR count). The second-order valence-corrected chi connectivity index (χ2v) is 7.66. The molecule has 0 spiro atoms. The Balaban J connectivity index is 1.52. The van der Waals surface area contributed by atoms with Crippen LogP contribution in [-0.2, 0) is 7.05 Å². The molecule has 1 aliphatic rings. The van der Waals surface area contributed by atoms with Gasteiger partial charge in [-0.3, -0.25) is 9.48 Å². The Hall–Kier alpha value is -3.34. The molecule has 0 bridgehead atoms. The molecule has 1 amide bonds. The van der Waals surface area contributed by atoms with Crippen LogP contribution in [0.15, 0.2) is 48.0 Å². The second-order valence-electron chi connectivity index (χ2n) is 6.79. The predicted octanol–water partition coefficient (Wildman–Crippen LogP) is 4.32. The Morgan fingerprint density at radius 1 is 1.29 bits per heavy atom. The maximum atomic E-state index is 12.7. The number of anilines is 2. The van der Waals surface area contributed by atoms with Crippen LogP contribution in [0.3, 0.4) is 0 Å².